The molecule has 0 atom stereocenters. The van der Waals surface area contributed by atoms with Crippen LogP contribution in [0.25, 0.3) is 0 Å². The highest BCUT2D eigenvalue weighted by atomic mass is 32.2. The number of benzene rings is 1. The summed E-state index contributed by atoms with van der Waals surface area (Å²) in [5, 5.41) is 11.8. The first-order chi connectivity index (χ1) is 11.2. The monoisotopic (exact) mass is 330 g/mol. The first-order valence-electron chi connectivity index (χ1n) is 8.12. The Morgan fingerprint density at radius 3 is 2.65 bits per heavy atom. The molecule has 0 aliphatic heterocycles. The van der Waals surface area contributed by atoms with E-state index < -0.39 is 0 Å². The van der Waals surface area contributed by atoms with Gasteiger partial charge in [0.15, 0.2) is 5.16 Å². The van der Waals surface area contributed by atoms with E-state index in [1.54, 1.807) is 18.1 Å². The molecule has 1 aromatic carbocycles. The van der Waals surface area contributed by atoms with Crippen LogP contribution in [0.2, 0.25) is 0 Å². The molecule has 1 aliphatic carbocycles. The van der Waals surface area contributed by atoms with Gasteiger partial charge in [-0.25, -0.2) is 0 Å². The molecule has 1 aliphatic rings. The topological polar surface area (TPSA) is 59.8 Å². The highest BCUT2D eigenvalue weighted by Crippen LogP contribution is 2.28. The lowest BCUT2D eigenvalue weighted by atomic mass is 9.87. The van der Waals surface area contributed by atoms with Crippen molar-refractivity contribution >= 4 is 23.4 Å². The molecule has 6 heteroatoms. The number of aryl methyl sites for hydroxylation is 1. The van der Waals surface area contributed by atoms with Crippen LogP contribution in [-0.4, -0.2) is 20.7 Å². The highest BCUT2D eigenvalue weighted by molar-refractivity contribution is 7.99. The van der Waals surface area contributed by atoms with Gasteiger partial charge in [-0.2, -0.15) is 0 Å². The second-order valence-electron chi connectivity index (χ2n) is 6.11. The molecule has 1 N–H and O–H groups in total. The van der Waals surface area contributed by atoms with E-state index in [2.05, 4.69) is 15.5 Å². The molecule has 0 spiro atoms. The van der Waals surface area contributed by atoms with Gasteiger partial charge in [0.1, 0.15) is 6.33 Å². The Labute approximate surface area is 140 Å². The van der Waals surface area contributed by atoms with E-state index in [1.165, 1.54) is 32.1 Å². The van der Waals surface area contributed by atoms with Crippen LogP contribution in [0, 0.1) is 5.92 Å². The smallest absolute Gasteiger partial charge is 0.224 e. The van der Waals surface area contributed by atoms with Crippen molar-refractivity contribution in [1.29, 1.82) is 0 Å². The molecule has 0 radical (unpaired) electrons. The number of nitrogens with one attached hydrogen (secondary N) is 1. The van der Waals surface area contributed by atoms with Crippen molar-refractivity contribution in [3.63, 3.8) is 0 Å². The third-order valence-electron chi connectivity index (χ3n) is 4.22. The normalized spacial score (nSPS) is 15.5. The maximum absolute atomic E-state index is 12.1. The Bertz CT molecular complexity index is 647. The van der Waals surface area contributed by atoms with Crippen molar-refractivity contribution in [3.8, 4) is 0 Å². The van der Waals surface area contributed by atoms with E-state index in [4.69, 9.17) is 0 Å². The van der Waals surface area contributed by atoms with E-state index in [0.29, 0.717) is 12.3 Å². The number of carbonyl (C=O) groups excluding carboxylic acids is 1. The summed E-state index contributed by atoms with van der Waals surface area (Å²) in [6.45, 7) is 0. The predicted octanol–water partition coefficient (Wildman–Crippen LogP) is 3.88. The molecule has 5 nitrogen and oxygen atoms in total. The van der Waals surface area contributed by atoms with Crippen LogP contribution < -0.4 is 5.32 Å². The molecule has 1 aromatic heterocycles. The second kappa shape index (κ2) is 7.64. The molecule has 2 aromatic rings. The van der Waals surface area contributed by atoms with Crippen LogP contribution in [0.5, 0.6) is 0 Å². The molecule has 1 saturated carbocycles. The molecule has 0 unspecified atom stereocenters. The van der Waals surface area contributed by atoms with Gasteiger partial charge in [0.05, 0.1) is 0 Å². The molecular weight excluding hydrogens is 308 g/mol. The summed E-state index contributed by atoms with van der Waals surface area (Å²) in [6, 6.07) is 7.88. The van der Waals surface area contributed by atoms with Crippen molar-refractivity contribution < 1.29 is 4.79 Å². The summed E-state index contributed by atoms with van der Waals surface area (Å²) in [6.07, 6.45) is 8.58. The lowest BCUT2D eigenvalue weighted by Crippen LogP contribution is -2.18. The molecule has 3 rings (SSSR count). The fourth-order valence-electron chi connectivity index (χ4n) is 2.94. The van der Waals surface area contributed by atoms with Gasteiger partial charge in [0.25, 0.3) is 0 Å². The maximum atomic E-state index is 12.1. The minimum Gasteiger partial charge on any atom is -0.326 e. The average Bonchev–Trinajstić information content (AvgIpc) is 2.95. The summed E-state index contributed by atoms with van der Waals surface area (Å²) >= 11 is 1.55. The Morgan fingerprint density at radius 1 is 1.26 bits per heavy atom. The number of amides is 1. The van der Waals surface area contributed by atoms with Crippen LogP contribution in [0.3, 0.4) is 0 Å². The van der Waals surface area contributed by atoms with Gasteiger partial charge < -0.3 is 9.88 Å². The van der Waals surface area contributed by atoms with Crippen LogP contribution in [0.1, 0.15) is 38.5 Å². The minimum atomic E-state index is 0.130. The van der Waals surface area contributed by atoms with Crippen LogP contribution in [0.15, 0.2) is 40.6 Å². The van der Waals surface area contributed by atoms with Crippen molar-refractivity contribution in [3.05, 3.63) is 30.6 Å². The first kappa shape index (κ1) is 16.1. The zero-order chi connectivity index (χ0) is 16.1. The van der Waals surface area contributed by atoms with Crippen molar-refractivity contribution in [2.75, 3.05) is 5.32 Å². The third-order valence-corrected chi connectivity index (χ3v) is 5.28. The van der Waals surface area contributed by atoms with Crippen molar-refractivity contribution in [2.45, 2.75) is 48.6 Å². The predicted molar refractivity (Wildman–Crippen MR) is 91.4 cm³/mol. The molecule has 0 saturated heterocycles. The van der Waals surface area contributed by atoms with Gasteiger partial charge in [0.2, 0.25) is 5.91 Å². The fourth-order valence-corrected chi connectivity index (χ4v) is 3.70. The van der Waals surface area contributed by atoms with Crippen LogP contribution in [0.4, 0.5) is 5.69 Å². The van der Waals surface area contributed by atoms with E-state index in [0.717, 1.165) is 15.7 Å². The van der Waals surface area contributed by atoms with Gasteiger partial charge in [-0.05, 0) is 54.8 Å². The lowest BCUT2D eigenvalue weighted by Gasteiger charge is -2.20. The Hall–Kier alpha value is -1.82. The van der Waals surface area contributed by atoms with E-state index >= 15 is 0 Å². The summed E-state index contributed by atoms with van der Waals surface area (Å²) in [5.74, 6) is 0.695. The van der Waals surface area contributed by atoms with E-state index in [-0.39, 0.29) is 5.91 Å². The molecular formula is C17H22N4OS. The Kier molecular flexibility index (Phi) is 5.33. The van der Waals surface area contributed by atoms with Crippen LogP contribution >= 0.6 is 11.8 Å². The quantitative estimate of drug-likeness (QED) is 0.904. The van der Waals surface area contributed by atoms with Crippen molar-refractivity contribution in [1.82, 2.24) is 14.8 Å². The Balaban J connectivity index is 1.52. The number of hydrogen-bond acceptors (Lipinski definition) is 4. The summed E-state index contributed by atoms with van der Waals surface area (Å²) in [4.78, 5) is 13.2. The third kappa shape index (κ3) is 4.58. The van der Waals surface area contributed by atoms with Crippen molar-refractivity contribution in [2.24, 2.45) is 13.0 Å². The largest absolute Gasteiger partial charge is 0.326 e. The van der Waals surface area contributed by atoms with Gasteiger partial charge in [-0.1, -0.05) is 19.3 Å². The molecule has 1 fully saturated rings. The Morgan fingerprint density at radius 2 is 2.00 bits per heavy atom. The van der Waals surface area contributed by atoms with Gasteiger partial charge in [-0.3, -0.25) is 4.79 Å². The SMILES string of the molecule is Cn1cnnc1Sc1ccc(NC(=O)CC2CCCCC2)cc1. The number of carbonyl (C=O) groups is 1. The molecule has 23 heavy (non-hydrogen) atoms. The number of rotatable bonds is 5. The number of aromatic nitrogens is 3. The number of anilines is 1. The summed E-state index contributed by atoms with van der Waals surface area (Å²) in [5.41, 5.74) is 0.855. The van der Waals surface area contributed by atoms with Crippen LogP contribution in [-0.2, 0) is 11.8 Å². The molecule has 1 heterocycles. The van der Waals surface area contributed by atoms with Gasteiger partial charge in [-0.15, -0.1) is 10.2 Å². The fraction of sp³-hybridized carbons (Fsp3) is 0.471. The average molecular weight is 330 g/mol. The second-order valence-corrected chi connectivity index (χ2v) is 7.15. The van der Waals surface area contributed by atoms with Gasteiger partial charge in [0, 0.05) is 24.1 Å². The number of hydrogen-bond donors (Lipinski definition) is 1. The molecule has 0 bridgehead atoms. The summed E-state index contributed by atoms with van der Waals surface area (Å²) < 4.78 is 1.88. The van der Waals surface area contributed by atoms with E-state index in [9.17, 15) is 4.79 Å². The zero-order valence-corrected chi connectivity index (χ0v) is 14.2. The zero-order valence-electron chi connectivity index (χ0n) is 13.4. The molecule has 122 valence electrons. The molecule has 1 amide bonds. The lowest BCUT2D eigenvalue weighted by molar-refractivity contribution is -0.117. The standard InChI is InChI=1S/C17H22N4OS/c1-21-12-18-20-17(21)23-15-9-7-14(8-10-15)19-16(22)11-13-5-3-2-4-6-13/h7-10,12-13H,2-6,11H2,1H3,(H,19,22). The van der Waals surface area contributed by atoms with E-state index in [1.807, 2.05) is 35.9 Å². The first-order valence-corrected chi connectivity index (χ1v) is 8.94. The highest BCUT2D eigenvalue weighted by Gasteiger charge is 2.17. The number of nitrogens with zero attached hydrogens (tertiary/aromatic N) is 3. The maximum Gasteiger partial charge on any atom is 0.224 e. The summed E-state index contributed by atoms with van der Waals surface area (Å²) in [7, 11) is 1.92. The van der Waals surface area contributed by atoms with Gasteiger partial charge >= 0.3 is 0 Å². The minimum absolute atomic E-state index is 0.130.